The molecule has 0 unspecified atom stereocenters. The van der Waals surface area contributed by atoms with Gasteiger partial charge in [0.05, 0.1) is 15.7 Å². The quantitative estimate of drug-likeness (QED) is 0.651. The van der Waals surface area contributed by atoms with Crippen LogP contribution in [0.4, 0.5) is 10.5 Å². The Labute approximate surface area is 146 Å². The van der Waals surface area contributed by atoms with Crippen LogP contribution < -0.4 is 15.5 Å². The standard InChI is InChI=1S/C14H13Cl2N3O5/c15-8-2-1-7(5-9(8)16)19-13(23)10(18-14(19)24)3-4-11(20)17-6-12(21)22/h1-2,5,10H,3-4,6H2,(H,17,20)(H,18,24)(H,21,22)/t10-/m0/s1. The minimum absolute atomic E-state index is 0.0495. The van der Waals surface area contributed by atoms with E-state index in [9.17, 15) is 19.2 Å². The van der Waals surface area contributed by atoms with E-state index in [2.05, 4.69) is 10.6 Å². The molecule has 1 heterocycles. The lowest BCUT2D eigenvalue weighted by Gasteiger charge is -2.13. The van der Waals surface area contributed by atoms with Gasteiger partial charge in [-0.05, 0) is 24.6 Å². The maximum atomic E-state index is 12.3. The molecule has 0 spiro atoms. The van der Waals surface area contributed by atoms with Gasteiger partial charge < -0.3 is 15.7 Å². The molecule has 3 N–H and O–H groups in total. The molecule has 0 saturated carbocycles. The van der Waals surface area contributed by atoms with Gasteiger partial charge in [-0.2, -0.15) is 0 Å². The second-order valence-corrected chi connectivity index (χ2v) is 5.80. The third-order valence-corrected chi connectivity index (χ3v) is 4.02. The molecule has 0 aliphatic carbocycles. The predicted molar refractivity (Wildman–Crippen MR) is 86.1 cm³/mol. The maximum absolute atomic E-state index is 12.3. The molecule has 24 heavy (non-hydrogen) atoms. The molecule has 1 saturated heterocycles. The highest BCUT2D eigenvalue weighted by molar-refractivity contribution is 6.42. The number of rotatable bonds is 6. The van der Waals surface area contributed by atoms with E-state index in [-0.39, 0.29) is 23.6 Å². The van der Waals surface area contributed by atoms with Crippen LogP contribution in [0.25, 0.3) is 0 Å². The van der Waals surface area contributed by atoms with Gasteiger partial charge in [-0.1, -0.05) is 23.2 Å². The van der Waals surface area contributed by atoms with Crippen molar-refractivity contribution in [3.05, 3.63) is 28.2 Å². The number of carbonyl (C=O) groups is 4. The highest BCUT2D eigenvalue weighted by Gasteiger charge is 2.39. The number of halogens is 2. The van der Waals surface area contributed by atoms with E-state index in [0.717, 1.165) is 4.90 Å². The number of amides is 4. The van der Waals surface area contributed by atoms with Gasteiger partial charge in [-0.25, -0.2) is 9.69 Å². The van der Waals surface area contributed by atoms with Crippen LogP contribution in [-0.2, 0) is 14.4 Å². The molecule has 1 aliphatic rings. The number of carboxylic acids is 1. The zero-order valence-electron chi connectivity index (χ0n) is 12.2. The van der Waals surface area contributed by atoms with Crippen molar-refractivity contribution in [1.29, 1.82) is 0 Å². The third-order valence-electron chi connectivity index (χ3n) is 3.28. The summed E-state index contributed by atoms with van der Waals surface area (Å²) in [5, 5.41) is 13.6. The lowest BCUT2D eigenvalue weighted by atomic mass is 10.1. The third kappa shape index (κ3) is 4.15. The first kappa shape index (κ1) is 18.0. The van der Waals surface area contributed by atoms with E-state index in [0.29, 0.717) is 5.02 Å². The molecule has 0 radical (unpaired) electrons. The summed E-state index contributed by atoms with van der Waals surface area (Å²) in [6.07, 6.45) is -0.0486. The smallest absolute Gasteiger partial charge is 0.329 e. The Morgan fingerprint density at radius 2 is 1.96 bits per heavy atom. The van der Waals surface area contributed by atoms with Crippen molar-refractivity contribution >= 4 is 52.7 Å². The summed E-state index contributed by atoms with van der Waals surface area (Å²) in [6.45, 7) is -0.501. The average molecular weight is 374 g/mol. The molecule has 10 heteroatoms. The van der Waals surface area contributed by atoms with Gasteiger partial charge in [-0.15, -0.1) is 0 Å². The molecular formula is C14H13Cl2N3O5. The topological polar surface area (TPSA) is 116 Å². The van der Waals surface area contributed by atoms with Crippen LogP contribution in [-0.4, -0.2) is 41.5 Å². The molecule has 1 fully saturated rings. The molecule has 1 atom stereocenters. The Balaban J connectivity index is 1.99. The SMILES string of the molecule is O=C(O)CNC(=O)CC[C@@H]1NC(=O)N(c2ccc(Cl)c(Cl)c2)C1=O. The molecule has 128 valence electrons. The molecule has 0 bridgehead atoms. The Morgan fingerprint density at radius 1 is 1.25 bits per heavy atom. The molecule has 0 aromatic heterocycles. The number of anilines is 1. The summed E-state index contributed by atoms with van der Waals surface area (Å²) in [5.41, 5.74) is 0.268. The van der Waals surface area contributed by atoms with E-state index in [1.807, 2.05) is 0 Å². The molecule has 1 aromatic carbocycles. The van der Waals surface area contributed by atoms with Crippen LogP contribution in [0.2, 0.25) is 10.0 Å². The number of carbonyl (C=O) groups excluding carboxylic acids is 3. The fourth-order valence-corrected chi connectivity index (χ4v) is 2.43. The van der Waals surface area contributed by atoms with E-state index in [1.165, 1.54) is 18.2 Å². The highest BCUT2D eigenvalue weighted by atomic mass is 35.5. The monoisotopic (exact) mass is 373 g/mol. The fraction of sp³-hybridized carbons (Fsp3) is 0.286. The summed E-state index contributed by atoms with van der Waals surface area (Å²) in [7, 11) is 0. The number of benzene rings is 1. The minimum atomic E-state index is -1.17. The Hall–Kier alpha value is -2.32. The van der Waals surface area contributed by atoms with Gasteiger partial charge in [0.25, 0.3) is 5.91 Å². The average Bonchev–Trinajstić information content (AvgIpc) is 2.80. The van der Waals surface area contributed by atoms with Gasteiger partial charge in [0.15, 0.2) is 0 Å². The largest absolute Gasteiger partial charge is 0.480 e. The first-order valence-electron chi connectivity index (χ1n) is 6.87. The molecule has 1 aliphatic heterocycles. The summed E-state index contributed by atoms with van der Waals surface area (Å²) in [6, 6.07) is 2.83. The van der Waals surface area contributed by atoms with Crippen molar-refractivity contribution in [1.82, 2.24) is 10.6 Å². The van der Waals surface area contributed by atoms with Crippen LogP contribution in [0.3, 0.4) is 0 Å². The number of nitrogens with one attached hydrogen (secondary N) is 2. The highest BCUT2D eigenvalue weighted by Crippen LogP contribution is 2.29. The Morgan fingerprint density at radius 3 is 2.58 bits per heavy atom. The van der Waals surface area contributed by atoms with Crippen molar-refractivity contribution < 1.29 is 24.3 Å². The van der Waals surface area contributed by atoms with E-state index in [4.69, 9.17) is 28.3 Å². The number of imide groups is 1. The number of urea groups is 1. The second-order valence-electron chi connectivity index (χ2n) is 4.98. The van der Waals surface area contributed by atoms with Crippen LogP contribution in [0.15, 0.2) is 18.2 Å². The number of aliphatic carboxylic acids is 1. The van der Waals surface area contributed by atoms with Crippen molar-refractivity contribution in [2.75, 3.05) is 11.4 Å². The molecule has 4 amide bonds. The number of carboxylic acid groups (broad SMARTS) is 1. The van der Waals surface area contributed by atoms with Crippen molar-refractivity contribution in [3.8, 4) is 0 Å². The number of hydrogen-bond acceptors (Lipinski definition) is 4. The van der Waals surface area contributed by atoms with E-state index in [1.54, 1.807) is 0 Å². The summed E-state index contributed by atoms with van der Waals surface area (Å²) in [4.78, 5) is 47.1. The number of nitrogens with zero attached hydrogens (tertiary/aromatic N) is 1. The van der Waals surface area contributed by atoms with E-state index >= 15 is 0 Å². The van der Waals surface area contributed by atoms with Crippen LogP contribution >= 0.6 is 23.2 Å². The van der Waals surface area contributed by atoms with Gasteiger partial charge >= 0.3 is 12.0 Å². The first-order chi connectivity index (χ1) is 11.3. The maximum Gasteiger partial charge on any atom is 0.329 e. The van der Waals surface area contributed by atoms with Gasteiger partial charge in [0, 0.05) is 6.42 Å². The molecular weight excluding hydrogens is 361 g/mol. The first-order valence-corrected chi connectivity index (χ1v) is 7.63. The minimum Gasteiger partial charge on any atom is -0.480 e. The van der Waals surface area contributed by atoms with Gasteiger partial charge in [0.1, 0.15) is 12.6 Å². The van der Waals surface area contributed by atoms with Crippen LogP contribution in [0.5, 0.6) is 0 Å². The fourth-order valence-electron chi connectivity index (χ4n) is 2.13. The predicted octanol–water partition coefficient (Wildman–Crippen LogP) is 1.40. The zero-order chi connectivity index (χ0) is 17.9. The van der Waals surface area contributed by atoms with Gasteiger partial charge in [0.2, 0.25) is 5.91 Å². The Bertz CT molecular complexity index is 710. The second kappa shape index (κ2) is 7.50. The van der Waals surface area contributed by atoms with Crippen LogP contribution in [0, 0.1) is 0 Å². The summed E-state index contributed by atoms with van der Waals surface area (Å²) >= 11 is 11.7. The van der Waals surface area contributed by atoms with Crippen molar-refractivity contribution in [2.24, 2.45) is 0 Å². The zero-order valence-corrected chi connectivity index (χ0v) is 13.7. The van der Waals surface area contributed by atoms with Crippen molar-refractivity contribution in [2.45, 2.75) is 18.9 Å². The molecule has 8 nitrogen and oxygen atoms in total. The molecule has 2 rings (SSSR count). The normalized spacial score (nSPS) is 16.9. The summed E-state index contributed by atoms with van der Waals surface area (Å²) < 4.78 is 0. The molecule has 1 aromatic rings. The number of hydrogen-bond donors (Lipinski definition) is 3. The lowest BCUT2D eigenvalue weighted by molar-refractivity contribution is -0.138. The van der Waals surface area contributed by atoms with Crippen molar-refractivity contribution in [3.63, 3.8) is 0 Å². The summed E-state index contributed by atoms with van der Waals surface area (Å²) in [5.74, 6) is -2.21. The van der Waals surface area contributed by atoms with Crippen LogP contribution in [0.1, 0.15) is 12.8 Å². The van der Waals surface area contributed by atoms with Gasteiger partial charge in [-0.3, -0.25) is 14.4 Å². The lowest BCUT2D eigenvalue weighted by Crippen LogP contribution is -2.34. The Kier molecular flexibility index (Phi) is 5.63. The van der Waals surface area contributed by atoms with E-state index < -0.39 is 36.4 Å².